The first-order chi connectivity index (χ1) is 8.51. The van der Waals surface area contributed by atoms with Crippen molar-refractivity contribution >= 4 is 27.6 Å². The Kier molecular flexibility index (Phi) is 5.10. The molecule has 1 aromatic rings. The van der Waals surface area contributed by atoms with Crippen LogP contribution in [0.15, 0.2) is 16.6 Å². The Labute approximate surface area is 113 Å². The molecule has 0 aliphatic carbocycles. The number of hydrogen-bond donors (Lipinski definition) is 1. The molecule has 0 aliphatic rings. The summed E-state index contributed by atoms with van der Waals surface area (Å²) in [6.07, 6.45) is 0.699. The lowest BCUT2D eigenvalue weighted by atomic mass is 10.2. The second-order valence-electron chi connectivity index (χ2n) is 3.69. The van der Waals surface area contributed by atoms with Crippen molar-refractivity contribution in [3.63, 3.8) is 0 Å². The molecule has 1 N–H and O–H groups in total. The van der Waals surface area contributed by atoms with Crippen LogP contribution in [0.25, 0.3) is 0 Å². The number of benzene rings is 1. The largest absolute Gasteiger partial charge is 0.480 e. The van der Waals surface area contributed by atoms with Crippen LogP contribution in [0.1, 0.15) is 18.9 Å². The van der Waals surface area contributed by atoms with Gasteiger partial charge in [0.15, 0.2) is 5.82 Å². The molecule has 96 valence electrons. The third-order valence-corrected chi connectivity index (χ3v) is 3.12. The third-order valence-electron chi connectivity index (χ3n) is 2.34. The summed E-state index contributed by atoms with van der Waals surface area (Å²) in [6, 6.07) is 4.75. The lowest BCUT2D eigenvalue weighted by molar-refractivity contribution is -0.135. The molecule has 0 unspecified atom stereocenters. The van der Waals surface area contributed by atoms with Crippen molar-refractivity contribution in [1.29, 1.82) is 5.26 Å². The highest BCUT2D eigenvalue weighted by atomic mass is 79.9. The normalized spacial score (nSPS) is 9.89. The van der Waals surface area contributed by atoms with E-state index >= 15 is 0 Å². The minimum atomic E-state index is -1.02. The second-order valence-corrected chi connectivity index (χ2v) is 4.48. The molecule has 1 aromatic carbocycles. The molecule has 0 aliphatic heterocycles. The van der Waals surface area contributed by atoms with Crippen LogP contribution in [0.4, 0.5) is 10.1 Å². The van der Waals surface area contributed by atoms with E-state index in [-0.39, 0.29) is 22.3 Å². The van der Waals surface area contributed by atoms with Gasteiger partial charge in [0.05, 0.1) is 15.7 Å². The van der Waals surface area contributed by atoms with Crippen LogP contribution >= 0.6 is 15.9 Å². The topological polar surface area (TPSA) is 64.3 Å². The van der Waals surface area contributed by atoms with E-state index < -0.39 is 11.8 Å². The van der Waals surface area contributed by atoms with Gasteiger partial charge in [-0.1, -0.05) is 6.92 Å². The molecule has 1 rings (SSSR count). The molecule has 18 heavy (non-hydrogen) atoms. The predicted molar refractivity (Wildman–Crippen MR) is 69.0 cm³/mol. The van der Waals surface area contributed by atoms with Crippen molar-refractivity contribution in [3.8, 4) is 6.07 Å². The Bertz CT molecular complexity index is 500. The van der Waals surface area contributed by atoms with Crippen LogP contribution in [0.5, 0.6) is 0 Å². The quantitative estimate of drug-likeness (QED) is 0.907. The van der Waals surface area contributed by atoms with Crippen LogP contribution in [-0.2, 0) is 4.79 Å². The standard InChI is InChI=1S/C12H12BrFN2O2/c1-2-5-16(7-10(17)18)9-4-3-8(6-15)11(13)12(9)14/h3-4H,2,5,7H2,1H3,(H,17,18). The maximum absolute atomic E-state index is 14.0. The van der Waals surface area contributed by atoms with Gasteiger partial charge in [0.1, 0.15) is 12.6 Å². The number of rotatable bonds is 5. The van der Waals surface area contributed by atoms with Crippen LogP contribution in [0.2, 0.25) is 0 Å². The Balaban J connectivity index is 3.17. The van der Waals surface area contributed by atoms with E-state index in [9.17, 15) is 9.18 Å². The number of nitrogens with zero attached hydrogens (tertiary/aromatic N) is 2. The molecule has 0 amide bonds. The fourth-order valence-electron chi connectivity index (χ4n) is 1.59. The summed E-state index contributed by atoms with van der Waals surface area (Å²) in [7, 11) is 0. The van der Waals surface area contributed by atoms with Gasteiger partial charge in [-0.3, -0.25) is 4.79 Å². The third kappa shape index (κ3) is 3.20. The van der Waals surface area contributed by atoms with E-state index in [0.717, 1.165) is 0 Å². The highest BCUT2D eigenvalue weighted by Crippen LogP contribution is 2.29. The summed E-state index contributed by atoms with van der Waals surface area (Å²) in [5.41, 5.74) is 0.369. The first-order valence-corrected chi connectivity index (χ1v) is 6.15. The molecule has 0 heterocycles. The van der Waals surface area contributed by atoms with Crippen LogP contribution < -0.4 is 4.90 Å². The fraction of sp³-hybridized carbons (Fsp3) is 0.333. The summed E-state index contributed by atoms with van der Waals surface area (Å²) in [6.45, 7) is 2.04. The molecule has 0 radical (unpaired) electrons. The average Bonchev–Trinajstić information content (AvgIpc) is 2.31. The SMILES string of the molecule is CCCN(CC(=O)O)c1ccc(C#N)c(Br)c1F. The van der Waals surface area contributed by atoms with E-state index in [1.165, 1.54) is 17.0 Å². The maximum Gasteiger partial charge on any atom is 0.323 e. The molecule has 0 bridgehead atoms. The zero-order valence-corrected chi connectivity index (χ0v) is 11.4. The van der Waals surface area contributed by atoms with Gasteiger partial charge in [-0.2, -0.15) is 5.26 Å². The molecular formula is C12H12BrFN2O2. The maximum atomic E-state index is 14.0. The molecule has 0 aromatic heterocycles. The van der Waals surface area contributed by atoms with Gasteiger partial charge in [-0.05, 0) is 34.5 Å². The molecule has 0 saturated carbocycles. The van der Waals surface area contributed by atoms with Crippen LogP contribution in [0.3, 0.4) is 0 Å². The smallest absolute Gasteiger partial charge is 0.323 e. The van der Waals surface area contributed by atoms with E-state index in [0.29, 0.717) is 13.0 Å². The molecule has 6 heteroatoms. The number of aliphatic carboxylic acids is 1. The van der Waals surface area contributed by atoms with Crippen molar-refractivity contribution in [2.24, 2.45) is 0 Å². The highest BCUT2D eigenvalue weighted by Gasteiger charge is 2.17. The Morgan fingerprint density at radius 1 is 1.61 bits per heavy atom. The van der Waals surface area contributed by atoms with Gasteiger partial charge in [0.2, 0.25) is 0 Å². The van der Waals surface area contributed by atoms with Gasteiger partial charge in [0.25, 0.3) is 0 Å². The average molecular weight is 315 g/mol. The number of hydrogen-bond acceptors (Lipinski definition) is 3. The Morgan fingerprint density at radius 2 is 2.28 bits per heavy atom. The zero-order chi connectivity index (χ0) is 13.7. The summed E-state index contributed by atoms with van der Waals surface area (Å²) in [4.78, 5) is 12.2. The van der Waals surface area contributed by atoms with Gasteiger partial charge < -0.3 is 10.0 Å². The predicted octanol–water partition coefficient (Wildman–Crippen LogP) is 2.76. The molecular weight excluding hydrogens is 303 g/mol. The van der Waals surface area contributed by atoms with Gasteiger partial charge in [0, 0.05) is 6.54 Å². The molecule has 0 saturated heterocycles. The molecule has 0 spiro atoms. The van der Waals surface area contributed by atoms with Crippen LogP contribution in [0, 0.1) is 17.1 Å². The van der Waals surface area contributed by atoms with Crippen molar-refractivity contribution in [2.45, 2.75) is 13.3 Å². The number of nitriles is 1. The summed E-state index contributed by atoms with van der Waals surface area (Å²) < 4.78 is 14.1. The van der Waals surface area contributed by atoms with E-state index in [1.54, 1.807) is 0 Å². The first-order valence-electron chi connectivity index (χ1n) is 5.36. The van der Waals surface area contributed by atoms with Crippen molar-refractivity contribution in [2.75, 3.05) is 18.0 Å². The molecule has 0 fully saturated rings. The highest BCUT2D eigenvalue weighted by molar-refractivity contribution is 9.10. The minimum Gasteiger partial charge on any atom is -0.480 e. The summed E-state index contributed by atoms with van der Waals surface area (Å²) in [5, 5.41) is 17.6. The van der Waals surface area contributed by atoms with Crippen molar-refractivity contribution in [1.82, 2.24) is 0 Å². The van der Waals surface area contributed by atoms with Gasteiger partial charge in [-0.15, -0.1) is 0 Å². The fourth-order valence-corrected chi connectivity index (χ4v) is 2.01. The summed E-state index contributed by atoms with van der Waals surface area (Å²) >= 11 is 3.01. The number of anilines is 1. The van der Waals surface area contributed by atoms with E-state index in [1.807, 2.05) is 13.0 Å². The number of carboxylic acids is 1. The Hall–Kier alpha value is -1.61. The monoisotopic (exact) mass is 314 g/mol. The first kappa shape index (κ1) is 14.5. The lowest BCUT2D eigenvalue weighted by Gasteiger charge is -2.23. The lowest BCUT2D eigenvalue weighted by Crippen LogP contribution is -2.31. The van der Waals surface area contributed by atoms with Crippen LogP contribution in [-0.4, -0.2) is 24.2 Å². The number of halogens is 2. The van der Waals surface area contributed by atoms with E-state index in [2.05, 4.69) is 15.9 Å². The number of carboxylic acid groups (broad SMARTS) is 1. The van der Waals surface area contributed by atoms with Crippen molar-refractivity contribution in [3.05, 3.63) is 28.0 Å². The minimum absolute atomic E-state index is 0.0639. The van der Waals surface area contributed by atoms with Crippen molar-refractivity contribution < 1.29 is 14.3 Å². The molecule has 0 atom stereocenters. The Morgan fingerprint density at radius 3 is 2.78 bits per heavy atom. The van der Waals surface area contributed by atoms with E-state index in [4.69, 9.17) is 10.4 Å². The van der Waals surface area contributed by atoms with Gasteiger partial charge >= 0.3 is 5.97 Å². The zero-order valence-electron chi connectivity index (χ0n) is 9.78. The summed E-state index contributed by atoms with van der Waals surface area (Å²) in [5.74, 6) is -1.63. The molecule has 4 nitrogen and oxygen atoms in total. The second kappa shape index (κ2) is 6.36. The number of carbonyl (C=O) groups is 1. The van der Waals surface area contributed by atoms with Gasteiger partial charge in [-0.25, -0.2) is 4.39 Å².